The number of aliphatic hydroxyl groups excluding tert-OH is 1. The van der Waals surface area contributed by atoms with Gasteiger partial charge in [0.25, 0.3) is 0 Å². The standard InChI is InChI=1S/C54H58O10/c55-54-53(61-37-45-29-17-6-18-30-45)52(60-36-44-27-15-5-16-28-44)51(48(63-54)39-57-33-41-21-9-2-10-22-41)64-49-31-46(58-34-42-23-11-3-12-24-42)50(59-35-43-25-13-4-14-26-43)47(62-49)38-56-32-40-19-7-1-8-20-40/h1-30,46-55H,31-39H2/t46-,47-,48-,49-,50-,51+,52+,53-,54-/m1/s1. The van der Waals surface area contributed by atoms with Crippen molar-refractivity contribution in [3.63, 3.8) is 0 Å². The normalized spacial score (nSPS) is 24.6. The molecule has 1 N–H and O–H groups in total. The average molecular weight is 867 g/mol. The molecule has 9 atom stereocenters. The van der Waals surface area contributed by atoms with Gasteiger partial charge in [0, 0.05) is 6.42 Å². The molecule has 10 nitrogen and oxygen atoms in total. The minimum atomic E-state index is -1.35. The molecule has 0 spiro atoms. The summed E-state index contributed by atoms with van der Waals surface area (Å²) in [6.45, 7) is 2.19. The van der Waals surface area contributed by atoms with Crippen molar-refractivity contribution >= 4 is 0 Å². The second kappa shape index (κ2) is 24.3. The van der Waals surface area contributed by atoms with Crippen molar-refractivity contribution in [1.82, 2.24) is 0 Å². The Bertz CT molecular complexity index is 2170. The fraction of sp³-hybridized carbons (Fsp3) is 0.333. The van der Waals surface area contributed by atoms with Gasteiger partial charge in [-0.25, -0.2) is 0 Å². The number of rotatable bonds is 22. The molecule has 0 aliphatic carbocycles. The third-order valence-electron chi connectivity index (χ3n) is 11.4. The lowest BCUT2D eigenvalue weighted by Crippen LogP contribution is -2.63. The van der Waals surface area contributed by atoms with Gasteiger partial charge in [0.05, 0.1) is 59.0 Å². The van der Waals surface area contributed by atoms with Crippen LogP contribution in [0.5, 0.6) is 0 Å². The van der Waals surface area contributed by atoms with Gasteiger partial charge >= 0.3 is 0 Å². The molecule has 2 fully saturated rings. The van der Waals surface area contributed by atoms with Crippen molar-refractivity contribution in [1.29, 1.82) is 0 Å². The zero-order valence-corrected chi connectivity index (χ0v) is 36.0. The van der Waals surface area contributed by atoms with E-state index in [0.717, 1.165) is 33.4 Å². The SMILES string of the molecule is O[C@@H]1O[C@H](COCc2ccccc2)[C@H](O[C@@H]2C[C@@H](OCc3ccccc3)[C@@H](OCc3ccccc3)[C@@H](COCc3ccccc3)O2)[C@H](OCc2ccccc2)[C@H]1OCc1ccccc1. The van der Waals surface area contributed by atoms with E-state index in [1.165, 1.54) is 0 Å². The van der Waals surface area contributed by atoms with Crippen LogP contribution in [0.2, 0.25) is 0 Å². The highest BCUT2D eigenvalue weighted by molar-refractivity contribution is 5.18. The summed E-state index contributed by atoms with van der Waals surface area (Å²) in [6.07, 6.45) is -6.78. The molecule has 334 valence electrons. The molecule has 64 heavy (non-hydrogen) atoms. The van der Waals surface area contributed by atoms with Crippen molar-refractivity contribution in [2.75, 3.05) is 13.2 Å². The van der Waals surface area contributed by atoms with Gasteiger partial charge in [0.2, 0.25) is 0 Å². The number of benzene rings is 6. The molecule has 8 rings (SSSR count). The molecule has 6 aromatic carbocycles. The second-order valence-corrected chi connectivity index (χ2v) is 16.1. The largest absolute Gasteiger partial charge is 0.374 e. The van der Waals surface area contributed by atoms with Gasteiger partial charge in [0.15, 0.2) is 12.6 Å². The summed E-state index contributed by atoms with van der Waals surface area (Å²) in [5, 5.41) is 11.7. The third-order valence-corrected chi connectivity index (χ3v) is 11.4. The van der Waals surface area contributed by atoms with Gasteiger partial charge in [-0.3, -0.25) is 0 Å². The molecule has 0 saturated carbocycles. The summed E-state index contributed by atoms with van der Waals surface area (Å²) in [6, 6.07) is 59.8. The van der Waals surface area contributed by atoms with E-state index in [9.17, 15) is 5.11 Å². The Morgan fingerprint density at radius 1 is 0.375 bits per heavy atom. The van der Waals surface area contributed by atoms with Crippen molar-refractivity contribution in [2.24, 2.45) is 0 Å². The first-order valence-corrected chi connectivity index (χ1v) is 22.1. The first-order valence-electron chi connectivity index (χ1n) is 22.1. The summed E-state index contributed by atoms with van der Waals surface area (Å²) in [7, 11) is 0. The maximum Gasteiger partial charge on any atom is 0.184 e. The van der Waals surface area contributed by atoms with Crippen LogP contribution in [0, 0.1) is 0 Å². The molecule has 2 aliphatic rings. The smallest absolute Gasteiger partial charge is 0.184 e. The number of hydrogen-bond donors (Lipinski definition) is 1. The predicted molar refractivity (Wildman–Crippen MR) is 241 cm³/mol. The van der Waals surface area contributed by atoms with Gasteiger partial charge in [0.1, 0.15) is 36.6 Å². The Labute approximate surface area is 376 Å². The highest BCUT2D eigenvalue weighted by atomic mass is 16.7. The van der Waals surface area contributed by atoms with Crippen LogP contribution in [0.4, 0.5) is 0 Å². The molecule has 2 aliphatic heterocycles. The summed E-state index contributed by atoms with van der Waals surface area (Å²) in [5.74, 6) is 0. The van der Waals surface area contributed by atoms with E-state index < -0.39 is 55.3 Å². The van der Waals surface area contributed by atoms with Crippen LogP contribution in [-0.2, 0) is 82.3 Å². The van der Waals surface area contributed by atoms with Gasteiger partial charge in [-0.1, -0.05) is 182 Å². The van der Waals surface area contributed by atoms with Crippen LogP contribution < -0.4 is 0 Å². The van der Waals surface area contributed by atoms with E-state index in [0.29, 0.717) is 32.8 Å². The first kappa shape index (κ1) is 45.5. The molecule has 0 radical (unpaired) electrons. The Balaban J connectivity index is 1.09. The lowest BCUT2D eigenvalue weighted by atomic mass is 9.97. The second-order valence-electron chi connectivity index (χ2n) is 16.1. The third kappa shape index (κ3) is 13.5. The quantitative estimate of drug-likeness (QED) is 0.0712. The van der Waals surface area contributed by atoms with Gasteiger partial charge < -0.3 is 47.7 Å². The van der Waals surface area contributed by atoms with Crippen LogP contribution in [0.25, 0.3) is 0 Å². The van der Waals surface area contributed by atoms with Crippen molar-refractivity contribution in [3.8, 4) is 0 Å². The van der Waals surface area contributed by atoms with Crippen LogP contribution >= 0.6 is 0 Å². The molecule has 10 heteroatoms. The molecule has 0 aromatic heterocycles. The molecule has 6 aromatic rings. The predicted octanol–water partition coefficient (Wildman–Crippen LogP) is 8.98. The zero-order valence-electron chi connectivity index (χ0n) is 36.0. The molecule has 2 heterocycles. The number of ether oxygens (including phenoxy) is 9. The molecule has 0 unspecified atom stereocenters. The molecule has 0 amide bonds. The van der Waals surface area contributed by atoms with E-state index in [4.69, 9.17) is 42.6 Å². The summed E-state index contributed by atoms with van der Waals surface area (Å²) < 4.78 is 60.0. The molecular weight excluding hydrogens is 809 g/mol. The Morgan fingerprint density at radius 3 is 1.14 bits per heavy atom. The fourth-order valence-electron chi connectivity index (χ4n) is 8.04. The lowest BCUT2D eigenvalue weighted by molar-refractivity contribution is -0.352. The van der Waals surface area contributed by atoms with Gasteiger partial charge in [-0.05, 0) is 33.4 Å². The highest BCUT2D eigenvalue weighted by Crippen LogP contribution is 2.35. The first-order chi connectivity index (χ1) is 31.6. The maximum absolute atomic E-state index is 11.7. The van der Waals surface area contributed by atoms with E-state index in [2.05, 4.69) is 0 Å². The van der Waals surface area contributed by atoms with Crippen molar-refractivity contribution in [2.45, 2.75) is 101 Å². The van der Waals surface area contributed by atoms with Crippen LogP contribution in [0.3, 0.4) is 0 Å². The van der Waals surface area contributed by atoms with E-state index in [-0.39, 0.29) is 26.4 Å². The average Bonchev–Trinajstić information content (AvgIpc) is 3.35. The van der Waals surface area contributed by atoms with E-state index in [1.807, 2.05) is 182 Å². The van der Waals surface area contributed by atoms with E-state index >= 15 is 0 Å². The minimum absolute atomic E-state index is 0.0975. The monoisotopic (exact) mass is 866 g/mol. The topological polar surface area (TPSA) is 103 Å². The fourth-order valence-corrected chi connectivity index (χ4v) is 8.04. The number of aliphatic hydroxyl groups is 1. The van der Waals surface area contributed by atoms with Crippen LogP contribution in [-0.4, -0.2) is 73.6 Å². The van der Waals surface area contributed by atoms with Gasteiger partial charge in [-0.15, -0.1) is 0 Å². The van der Waals surface area contributed by atoms with E-state index in [1.54, 1.807) is 0 Å². The van der Waals surface area contributed by atoms with Crippen LogP contribution in [0.1, 0.15) is 39.8 Å². The maximum atomic E-state index is 11.7. The van der Waals surface area contributed by atoms with Crippen LogP contribution in [0.15, 0.2) is 182 Å². The minimum Gasteiger partial charge on any atom is -0.374 e. The highest BCUT2D eigenvalue weighted by Gasteiger charge is 2.51. The zero-order chi connectivity index (χ0) is 43.6. The summed E-state index contributed by atoms with van der Waals surface area (Å²) in [5.41, 5.74) is 6.01. The Hall–Kier alpha value is -5.08. The summed E-state index contributed by atoms with van der Waals surface area (Å²) in [4.78, 5) is 0. The van der Waals surface area contributed by atoms with Crippen molar-refractivity contribution < 1.29 is 47.7 Å². The molecule has 0 bridgehead atoms. The molecular formula is C54H58O10. The van der Waals surface area contributed by atoms with Crippen molar-refractivity contribution in [3.05, 3.63) is 215 Å². The number of hydrogen-bond acceptors (Lipinski definition) is 10. The summed E-state index contributed by atoms with van der Waals surface area (Å²) >= 11 is 0. The lowest BCUT2D eigenvalue weighted by Gasteiger charge is -2.47. The molecule has 2 saturated heterocycles. The Morgan fingerprint density at radius 2 is 0.719 bits per heavy atom. The van der Waals surface area contributed by atoms with Gasteiger partial charge in [-0.2, -0.15) is 0 Å². The Kier molecular flexibility index (Phi) is 17.3.